The number of benzene rings is 1. The van der Waals surface area contributed by atoms with Crippen LogP contribution in [0.4, 0.5) is 5.69 Å². The Morgan fingerprint density at radius 3 is 2.57 bits per heavy atom. The third kappa shape index (κ3) is 2.45. The van der Waals surface area contributed by atoms with E-state index >= 15 is 0 Å². The number of esters is 1. The van der Waals surface area contributed by atoms with E-state index in [0.717, 1.165) is 4.90 Å². The van der Waals surface area contributed by atoms with Crippen molar-refractivity contribution in [1.29, 1.82) is 0 Å². The number of carbonyl (C=O) groups is 3. The van der Waals surface area contributed by atoms with E-state index in [9.17, 15) is 14.4 Å². The van der Waals surface area contributed by atoms with Gasteiger partial charge >= 0.3 is 5.97 Å². The summed E-state index contributed by atoms with van der Waals surface area (Å²) in [5.41, 5.74) is 0.515. The number of ether oxygens (including phenoxy) is 1. The van der Waals surface area contributed by atoms with Gasteiger partial charge in [0.05, 0.1) is 23.8 Å². The lowest BCUT2D eigenvalue weighted by atomic mass is 9.92. The normalized spacial score (nSPS) is 26.3. The molecule has 0 spiro atoms. The van der Waals surface area contributed by atoms with Gasteiger partial charge in [0.1, 0.15) is 5.92 Å². The Morgan fingerprint density at radius 1 is 1.26 bits per heavy atom. The van der Waals surface area contributed by atoms with Crippen LogP contribution in [0.25, 0.3) is 0 Å². The number of anilines is 1. The molecular formula is C16H16N2O4S. The predicted octanol–water partition coefficient (Wildman–Crippen LogP) is 1.50. The van der Waals surface area contributed by atoms with Gasteiger partial charge in [-0.2, -0.15) is 0 Å². The molecule has 0 saturated carbocycles. The number of amides is 2. The second kappa shape index (κ2) is 6.16. The number of fused-ring (bicyclic) bond motifs is 1. The van der Waals surface area contributed by atoms with Crippen LogP contribution in [0.1, 0.15) is 6.92 Å². The van der Waals surface area contributed by atoms with Crippen molar-refractivity contribution in [3.63, 3.8) is 0 Å². The zero-order chi connectivity index (χ0) is 16.6. The molecule has 120 valence electrons. The fraction of sp³-hybridized carbons (Fsp3) is 0.375. The molecule has 7 heteroatoms. The highest BCUT2D eigenvalue weighted by molar-refractivity contribution is 8.14. The SMILES string of the molecule is CCSC1=N[C@@H](C(=O)OC)[C@@H]2C(=O)N(c3ccccc3)C(=O)[C@H]12. The summed E-state index contributed by atoms with van der Waals surface area (Å²) in [5, 5.41) is 0.546. The van der Waals surface area contributed by atoms with Gasteiger partial charge in [0.25, 0.3) is 0 Å². The van der Waals surface area contributed by atoms with E-state index in [2.05, 4.69) is 4.99 Å². The number of nitrogens with zero attached hydrogens (tertiary/aromatic N) is 2. The minimum Gasteiger partial charge on any atom is -0.467 e. The molecule has 2 heterocycles. The van der Waals surface area contributed by atoms with E-state index in [-0.39, 0.29) is 5.91 Å². The summed E-state index contributed by atoms with van der Waals surface area (Å²) in [7, 11) is 1.26. The van der Waals surface area contributed by atoms with Crippen molar-refractivity contribution in [2.45, 2.75) is 13.0 Å². The van der Waals surface area contributed by atoms with E-state index in [4.69, 9.17) is 4.74 Å². The van der Waals surface area contributed by atoms with Crippen LogP contribution in [0.3, 0.4) is 0 Å². The Hall–Kier alpha value is -2.15. The average Bonchev–Trinajstić information content (AvgIpc) is 3.06. The van der Waals surface area contributed by atoms with Crippen LogP contribution in [0, 0.1) is 11.8 Å². The molecule has 0 aliphatic carbocycles. The second-order valence-corrected chi connectivity index (χ2v) is 6.50. The maximum absolute atomic E-state index is 12.8. The third-order valence-electron chi connectivity index (χ3n) is 3.97. The molecule has 1 saturated heterocycles. The second-order valence-electron chi connectivity index (χ2n) is 5.22. The molecule has 2 aliphatic rings. The lowest BCUT2D eigenvalue weighted by Gasteiger charge is -2.17. The zero-order valence-electron chi connectivity index (χ0n) is 12.8. The molecular weight excluding hydrogens is 316 g/mol. The van der Waals surface area contributed by atoms with Crippen molar-refractivity contribution < 1.29 is 19.1 Å². The molecule has 1 fully saturated rings. The third-order valence-corrected chi connectivity index (χ3v) is 4.92. The topological polar surface area (TPSA) is 76.0 Å². The quantitative estimate of drug-likeness (QED) is 0.619. The van der Waals surface area contributed by atoms with Gasteiger partial charge in [-0.15, -0.1) is 11.8 Å². The van der Waals surface area contributed by atoms with E-state index in [1.807, 2.05) is 13.0 Å². The molecule has 0 N–H and O–H groups in total. The highest BCUT2D eigenvalue weighted by atomic mass is 32.2. The van der Waals surface area contributed by atoms with Crippen LogP contribution in [0.15, 0.2) is 35.3 Å². The molecule has 0 bridgehead atoms. The molecule has 1 aromatic rings. The largest absolute Gasteiger partial charge is 0.467 e. The number of rotatable bonds is 3. The van der Waals surface area contributed by atoms with Gasteiger partial charge in [-0.3, -0.25) is 14.6 Å². The fourth-order valence-corrected chi connectivity index (χ4v) is 3.90. The van der Waals surface area contributed by atoms with Crippen LogP contribution in [0.2, 0.25) is 0 Å². The Kier molecular flexibility index (Phi) is 4.21. The van der Waals surface area contributed by atoms with Crippen molar-refractivity contribution in [3.8, 4) is 0 Å². The number of para-hydroxylation sites is 1. The summed E-state index contributed by atoms with van der Waals surface area (Å²) in [6.45, 7) is 1.93. The smallest absolute Gasteiger partial charge is 0.331 e. The van der Waals surface area contributed by atoms with Crippen molar-refractivity contribution in [3.05, 3.63) is 30.3 Å². The summed E-state index contributed by atoms with van der Waals surface area (Å²) in [5.74, 6) is -2.07. The first kappa shape index (κ1) is 15.7. The van der Waals surface area contributed by atoms with Crippen molar-refractivity contribution in [2.24, 2.45) is 16.8 Å². The van der Waals surface area contributed by atoms with E-state index in [1.165, 1.54) is 18.9 Å². The fourth-order valence-electron chi connectivity index (χ4n) is 2.99. The van der Waals surface area contributed by atoms with Crippen molar-refractivity contribution in [2.75, 3.05) is 17.8 Å². The summed E-state index contributed by atoms with van der Waals surface area (Å²) >= 11 is 1.39. The van der Waals surface area contributed by atoms with Crippen LogP contribution in [0.5, 0.6) is 0 Å². The highest BCUT2D eigenvalue weighted by Crippen LogP contribution is 2.42. The molecule has 3 atom stereocenters. The molecule has 23 heavy (non-hydrogen) atoms. The van der Waals surface area contributed by atoms with Gasteiger partial charge in [0.2, 0.25) is 11.8 Å². The summed E-state index contributed by atoms with van der Waals surface area (Å²) in [6.07, 6.45) is 0. The molecule has 2 aliphatic heterocycles. The maximum atomic E-state index is 12.8. The molecule has 0 radical (unpaired) electrons. The van der Waals surface area contributed by atoms with Gasteiger partial charge in [-0.05, 0) is 17.9 Å². The van der Waals surface area contributed by atoms with Crippen molar-refractivity contribution in [1.82, 2.24) is 0 Å². The number of imide groups is 1. The summed E-state index contributed by atoms with van der Waals surface area (Å²) in [6, 6.07) is 7.80. The van der Waals surface area contributed by atoms with Gasteiger partial charge in [0.15, 0.2) is 6.04 Å². The van der Waals surface area contributed by atoms with Crippen LogP contribution in [-0.4, -0.2) is 41.7 Å². The Morgan fingerprint density at radius 2 is 1.96 bits per heavy atom. The minimum atomic E-state index is -0.941. The molecule has 6 nitrogen and oxygen atoms in total. The predicted molar refractivity (Wildman–Crippen MR) is 87.3 cm³/mol. The van der Waals surface area contributed by atoms with Crippen LogP contribution < -0.4 is 4.90 Å². The van der Waals surface area contributed by atoms with E-state index < -0.39 is 29.8 Å². The van der Waals surface area contributed by atoms with Crippen LogP contribution >= 0.6 is 11.8 Å². The van der Waals surface area contributed by atoms with Gasteiger partial charge in [-0.1, -0.05) is 25.1 Å². The molecule has 0 aromatic heterocycles. The van der Waals surface area contributed by atoms with E-state index in [1.54, 1.807) is 24.3 Å². The number of thioether (sulfide) groups is 1. The molecule has 3 rings (SSSR count). The first-order valence-corrected chi connectivity index (χ1v) is 8.29. The molecule has 0 unspecified atom stereocenters. The first-order valence-electron chi connectivity index (χ1n) is 7.31. The Labute approximate surface area is 137 Å². The van der Waals surface area contributed by atoms with Crippen LogP contribution in [-0.2, 0) is 19.1 Å². The Bertz CT molecular complexity index is 689. The monoisotopic (exact) mass is 332 g/mol. The van der Waals surface area contributed by atoms with Crippen molar-refractivity contribution >= 4 is 40.3 Å². The number of methoxy groups -OCH3 is 1. The average molecular weight is 332 g/mol. The molecule has 2 amide bonds. The number of hydrogen-bond acceptors (Lipinski definition) is 6. The van der Waals surface area contributed by atoms with Gasteiger partial charge < -0.3 is 4.74 Å². The standard InChI is InChI=1S/C16H16N2O4S/c1-3-23-13-11-10(12(17-13)16(21)22-2)14(19)18(15(11)20)9-7-5-4-6-8-9/h4-8,10-12H,3H2,1-2H3/t10-,11+,12-/m1/s1. The lowest BCUT2D eigenvalue weighted by Crippen LogP contribution is -2.36. The summed E-state index contributed by atoms with van der Waals surface area (Å²) < 4.78 is 4.76. The minimum absolute atomic E-state index is 0.322. The number of hydrogen-bond donors (Lipinski definition) is 0. The Balaban J connectivity index is 2.01. The first-order chi connectivity index (χ1) is 11.1. The van der Waals surface area contributed by atoms with Gasteiger partial charge in [-0.25, -0.2) is 9.69 Å². The highest BCUT2D eigenvalue weighted by Gasteiger charge is 2.59. The lowest BCUT2D eigenvalue weighted by molar-refractivity contribution is -0.145. The number of aliphatic imine (C=N–C) groups is 1. The van der Waals surface area contributed by atoms with E-state index in [0.29, 0.717) is 16.5 Å². The zero-order valence-corrected chi connectivity index (χ0v) is 13.6. The molecule has 1 aromatic carbocycles. The number of carbonyl (C=O) groups excluding carboxylic acids is 3. The maximum Gasteiger partial charge on any atom is 0.331 e. The summed E-state index contributed by atoms with van der Waals surface area (Å²) in [4.78, 5) is 43.0. The van der Waals surface area contributed by atoms with Gasteiger partial charge in [0, 0.05) is 0 Å².